The lowest BCUT2D eigenvalue weighted by Crippen LogP contribution is -2.33. The van der Waals surface area contributed by atoms with E-state index < -0.39 is 6.10 Å². The Morgan fingerprint density at radius 1 is 0.861 bits per heavy atom. The Hall–Kier alpha value is -3.26. The van der Waals surface area contributed by atoms with Gasteiger partial charge in [-0.25, -0.2) is 0 Å². The number of hydrogen-bond donors (Lipinski definition) is 4. The summed E-state index contributed by atoms with van der Waals surface area (Å²) < 4.78 is 16.9. The molecule has 0 aliphatic heterocycles. The quantitative estimate of drug-likeness (QED) is 0.197. The first-order chi connectivity index (χ1) is 17.7. The number of aromatic nitrogens is 1. The van der Waals surface area contributed by atoms with Crippen molar-refractivity contribution in [3.05, 3.63) is 66.7 Å². The summed E-state index contributed by atoms with van der Waals surface area (Å²) in [5.74, 6) is 2.18. The van der Waals surface area contributed by atoms with Crippen molar-refractivity contribution in [2.75, 3.05) is 40.0 Å². The average molecular weight is 495 g/mol. The number of aromatic amines is 1. The van der Waals surface area contributed by atoms with Gasteiger partial charge in [0, 0.05) is 36.0 Å². The van der Waals surface area contributed by atoms with E-state index in [1.807, 2.05) is 60.7 Å². The lowest BCUT2D eigenvalue weighted by atomic mass is 10.1. The van der Waals surface area contributed by atoms with Gasteiger partial charge in [0.2, 0.25) is 0 Å². The molecule has 4 rings (SSSR count). The van der Waals surface area contributed by atoms with E-state index in [4.69, 9.17) is 19.3 Å². The molecule has 0 aliphatic rings. The Kier molecular flexibility index (Phi) is 11.4. The fourth-order valence-corrected chi connectivity index (χ4v) is 3.84. The number of H-pyrrole nitrogens is 1. The predicted octanol–water partition coefficient (Wildman–Crippen LogP) is 4.91. The maximum atomic E-state index is 10.3. The van der Waals surface area contributed by atoms with Crippen LogP contribution in [0.5, 0.6) is 17.2 Å². The van der Waals surface area contributed by atoms with Crippen molar-refractivity contribution in [3.8, 4) is 17.2 Å². The van der Waals surface area contributed by atoms with Crippen LogP contribution < -0.4 is 19.5 Å². The number of unbranched alkanes of at least 4 members (excludes halogenated alkanes) is 2. The van der Waals surface area contributed by atoms with E-state index in [1.165, 1.54) is 6.42 Å². The van der Waals surface area contributed by atoms with Gasteiger partial charge in [-0.2, -0.15) is 0 Å². The van der Waals surface area contributed by atoms with E-state index in [9.17, 15) is 5.11 Å². The van der Waals surface area contributed by atoms with E-state index in [0.717, 1.165) is 40.4 Å². The van der Waals surface area contributed by atoms with Gasteiger partial charge in [0.15, 0.2) is 11.5 Å². The van der Waals surface area contributed by atoms with Crippen LogP contribution in [0.25, 0.3) is 21.8 Å². The minimum Gasteiger partial charge on any atom is -0.493 e. The molecule has 7 heteroatoms. The third kappa shape index (κ3) is 7.88. The molecule has 0 radical (unpaired) electrons. The molecule has 3 aromatic carbocycles. The summed E-state index contributed by atoms with van der Waals surface area (Å²) in [7, 11) is 1.62. The third-order valence-corrected chi connectivity index (χ3v) is 5.67. The number of ether oxygens (including phenoxy) is 3. The molecule has 4 aromatic rings. The summed E-state index contributed by atoms with van der Waals surface area (Å²) in [4.78, 5) is 3.40. The van der Waals surface area contributed by atoms with Crippen molar-refractivity contribution in [1.82, 2.24) is 10.3 Å². The Labute approximate surface area is 213 Å². The Morgan fingerprint density at radius 3 is 2.33 bits per heavy atom. The second kappa shape index (κ2) is 15.0. The number of hydrogen-bond acceptors (Lipinski definition) is 6. The normalized spacial score (nSPS) is 11.7. The van der Waals surface area contributed by atoms with Gasteiger partial charge >= 0.3 is 0 Å². The summed E-state index contributed by atoms with van der Waals surface area (Å²) in [6.45, 7) is 4.18. The predicted molar refractivity (Wildman–Crippen MR) is 145 cm³/mol. The SMILES string of the molecule is CCCCCO.COc1ccccc1OCCNCC(O)COc1cccc2[nH]c3ccccc3c12. The van der Waals surface area contributed by atoms with Gasteiger partial charge in [0.1, 0.15) is 25.1 Å². The molecule has 0 saturated carbocycles. The second-order valence-corrected chi connectivity index (χ2v) is 8.45. The summed E-state index contributed by atoms with van der Waals surface area (Å²) in [6, 6.07) is 21.6. The van der Waals surface area contributed by atoms with Crippen LogP contribution in [0, 0.1) is 0 Å². The number of aliphatic hydroxyl groups excluding tert-OH is 2. The van der Waals surface area contributed by atoms with Crippen LogP contribution in [-0.4, -0.2) is 61.3 Å². The van der Waals surface area contributed by atoms with Crippen LogP contribution in [0.4, 0.5) is 0 Å². The number of rotatable bonds is 13. The number of aliphatic hydroxyl groups is 2. The zero-order chi connectivity index (χ0) is 25.6. The molecule has 0 bridgehead atoms. The van der Waals surface area contributed by atoms with Gasteiger partial charge in [-0.1, -0.05) is 56.2 Å². The van der Waals surface area contributed by atoms with Gasteiger partial charge in [0.25, 0.3) is 0 Å². The van der Waals surface area contributed by atoms with Crippen LogP contribution in [-0.2, 0) is 0 Å². The summed E-state index contributed by atoms with van der Waals surface area (Å²) >= 11 is 0. The van der Waals surface area contributed by atoms with Crippen molar-refractivity contribution in [3.63, 3.8) is 0 Å². The number of nitrogens with one attached hydrogen (secondary N) is 2. The molecule has 1 aromatic heterocycles. The highest BCUT2D eigenvalue weighted by Crippen LogP contribution is 2.33. The standard InChI is InChI=1S/C24H26N2O4.C5H12O/c1-28-21-10-4-5-11-22(21)29-14-13-25-15-17(27)16-30-23-12-6-9-20-24(23)18-7-2-3-8-19(18)26-20;1-2-3-4-5-6/h2-12,17,25-27H,13-16H2,1H3;6H,2-5H2,1H3. The van der Waals surface area contributed by atoms with Crippen LogP contribution in [0.15, 0.2) is 66.7 Å². The number of benzene rings is 3. The van der Waals surface area contributed by atoms with E-state index in [0.29, 0.717) is 37.8 Å². The van der Waals surface area contributed by atoms with Crippen LogP contribution >= 0.6 is 0 Å². The highest BCUT2D eigenvalue weighted by molar-refractivity contribution is 6.10. The average Bonchev–Trinajstić information content (AvgIpc) is 3.30. The minimum absolute atomic E-state index is 0.207. The molecule has 0 spiro atoms. The van der Waals surface area contributed by atoms with Crippen LogP contribution in [0.2, 0.25) is 0 Å². The smallest absolute Gasteiger partial charge is 0.161 e. The van der Waals surface area contributed by atoms with Gasteiger partial charge in [0.05, 0.1) is 12.6 Å². The maximum absolute atomic E-state index is 10.3. The molecule has 0 fully saturated rings. The number of fused-ring (bicyclic) bond motifs is 3. The molecule has 0 aliphatic carbocycles. The van der Waals surface area contributed by atoms with Gasteiger partial charge in [-0.15, -0.1) is 0 Å². The van der Waals surface area contributed by atoms with Crippen molar-refractivity contribution in [2.45, 2.75) is 32.3 Å². The Bertz CT molecular complexity index is 1170. The topological polar surface area (TPSA) is 96.0 Å². The number of para-hydroxylation sites is 3. The van der Waals surface area contributed by atoms with Crippen molar-refractivity contribution < 1.29 is 24.4 Å². The molecule has 36 heavy (non-hydrogen) atoms. The zero-order valence-corrected chi connectivity index (χ0v) is 21.2. The molecule has 1 heterocycles. The lowest BCUT2D eigenvalue weighted by Gasteiger charge is -2.15. The third-order valence-electron chi connectivity index (χ3n) is 5.67. The number of methoxy groups -OCH3 is 1. The largest absolute Gasteiger partial charge is 0.493 e. The van der Waals surface area contributed by atoms with Crippen molar-refractivity contribution >= 4 is 21.8 Å². The Morgan fingerprint density at radius 2 is 1.58 bits per heavy atom. The molecule has 4 N–H and O–H groups in total. The molecule has 0 amide bonds. The Balaban J connectivity index is 0.000000538. The van der Waals surface area contributed by atoms with E-state index in [-0.39, 0.29) is 6.61 Å². The molecule has 7 nitrogen and oxygen atoms in total. The fourth-order valence-electron chi connectivity index (χ4n) is 3.84. The van der Waals surface area contributed by atoms with Gasteiger partial charge < -0.3 is 34.7 Å². The van der Waals surface area contributed by atoms with Crippen LogP contribution in [0.3, 0.4) is 0 Å². The maximum Gasteiger partial charge on any atom is 0.161 e. The zero-order valence-electron chi connectivity index (χ0n) is 21.2. The van der Waals surface area contributed by atoms with E-state index >= 15 is 0 Å². The minimum atomic E-state index is -0.628. The summed E-state index contributed by atoms with van der Waals surface area (Å²) in [5.41, 5.74) is 2.09. The van der Waals surface area contributed by atoms with Gasteiger partial charge in [-0.3, -0.25) is 0 Å². The van der Waals surface area contributed by atoms with E-state index in [1.54, 1.807) is 7.11 Å². The lowest BCUT2D eigenvalue weighted by molar-refractivity contribution is 0.106. The van der Waals surface area contributed by atoms with Gasteiger partial charge in [-0.05, 0) is 36.8 Å². The van der Waals surface area contributed by atoms with Crippen molar-refractivity contribution in [2.24, 2.45) is 0 Å². The first-order valence-electron chi connectivity index (χ1n) is 12.6. The molecule has 194 valence electrons. The highest BCUT2D eigenvalue weighted by Gasteiger charge is 2.11. The summed E-state index contributed by atoms with van der Waals surface area (Å²) in [6.07, 6.45) is 2.70. The van der Waals surface area contributed by atoms with Crippen LogP contribution in [0.1, 0.15) is 26.2 Å². The molecule has 0 saturated heterocycles. The molecular formula is C29H38N2O5. The second-order valence-electron chi connectivity index (χ2n) is 8.45. The monoisotopic (exact) mass is 494 g/mol. The molecular weight excluding hydrogens is 456 g/mol. The molecule has 1 atom stereocenters. The molecule has 1 unspecified atom stereocenters. The van der Waals surface area contributed by atoms with E-state index in [2.05, 4.69) is 23.3 Å². The first kappa shape index (κ1) is 27.3. The highest BCUT2D eigenvalue weighted by atomic mass is 16.5. The van der Waals surface area contributed by atoms with Crippen molar-refractivity contribution in [1.29, 1.82) is 0 Å². The first-order valence-corrected chi connectivity index (χ1v) is 12.6. The fraction of sp³-hybridized carbons (Fsp3) is 0.379. The summed E-state index contributed by atoms with van der Waals surface area (Å²) in [5, 5.41) is 23.8.